The van der Waals surface area contributed by atoms with E-state index in [0.717, 1.165) is 16.8 Å². The zero-order valence-electron chi connectivity index (χ0n) is 18.5. The Morgan fingerprint density at radius 2 is 1.31 bits per heavy atom. The fraction of sp³-hybridized carbons (Fsp3) is 0.370. The van der Waals surface area contributed by atoms with Gasteiger partial charge in [-0.3, -0.25) is 19.3 Å². The van der Waals surface area contributed by atoms with Crippen molar-refractivity contribution < 1.29 is 14.4 Å². The van der Waals surface area contributed by atoms with Gasteiger partial charge in [0.05, 0.1) is 23.9 Å². The monoisotopic (exact) mass is 428 g/mol. The van der Waals surface area contributed by atoms with Crippen LogP contribution in [0.3, 0.4) is 0 Å². The normalized spacial score (nSPS) is 27.0. The minimum absolute atomic E-state index is 0.0776. The predicted molar refractivity (Wildman–Crippen MR) is 121 cm³/mol. The van der Waals surface area contributed by atoms with Crippen molar-refractivity contribution in [3.8, 4) is 0 Å². The molecular formula is C27H28N2O3. The van der Waals surface area contributed by atoms with E-state index in [4.69, 9.17) is 0 Å². The van der Waals surface area contributed by atoms with Gasteiger partial charge in [0.2, 0.25) is 17.7 Å². The summed E-state index contributed by atoms with van der Waals surface area (Å²) in [5.74, 6) is -0.882. The van der Waals surface area contributed by atoms with E-state index in [0.29, 0.717) is 19.3 Å². The van der Waals surface area contributed by atoms with Crippen LogP contribution in [0.5, 0.6) is 0 Å². The van der Waals surface area contributed by atoms with Crippen LogP contribution >= 0.6 is 0 Å². The number of hydrogen-bond donors (Lipinski definition) is 0. The van der Waals surface area contributed by atoms with Gasteiger partial charge >= 0.3 is 0 Å². The molecule has 2 aliphatic heterocycles. The van der Waals surface area contributed by atoms with E-state index in [1.807, 2.05) is 85.5 Å². The van der Waals surface area contributed by atoms with Gasteiger partial charge in [0.15, 0.2) is 0 Å². The number of likely N-dealkylation sites (tertiary alicyclic amines) is 2. The lowest BCUT2D eigenvalue weighted by atomic mass is 9.71. The molecule has 2 fully saturated rings. The summed E-state index contributed by atoms with van der Waals surface area (Å²) in [5.41, 5.74) is 2.95. The number of fused-ring (bicyclic) bond motifs is 3. The number of piperidine rings is 1. The van der Waals surface area contributed by atoms with Crippen molar-refractivity contribution in [3.63, 3.8) is 0 Å². The summed E-state index contributed by atoms with van der Waals surface area (Å²) in [6.07, 6.45) is 3.57. The van der Waals surface area contributed by atoms with E-state index < -0.39 is 0 Å². The molecule has 3 aliphatic rings. The van der Waals surface area contributed by atoms with Gasteiger partial charge in [-0.1, -0.05) is 66.7 Å². The molecule has 0 aromatic heterocycles. The predicted octanol–water partition coefficient (Wildman–Crippen LogP) is 4.64. The molecule has 0 spiro atoms. The first-order valence-corrected chi connectivity index (χ1v) is 11.5. The lowest BCUT2D eigenvalue weighted by molar-refractivity contribution is -0.143. The smallest absolute Gasteiger partial charge is 0.234 e. The molecule has 5 rings (SSSR count). The number of amides is 3. The number of nitrogens with zero attached hydrogens (tertiary/aromatic N) is 2. The van der Waals surface area contributed by atoms with E-state index in [9.17, 15) is 14.4 Å². The number of carbonyl (C=O) groups is 3. The van der Waals surface area contributed by atoms with E-state index >= 15 is 0 Å². The Balaban J connectivity index is 1.46. The summed E-state index contributed by atoms with van der Waals surface area (Å²) in [7, 11) is 0. The summed E-state index contributed by atoms with van der Waals surface area (Å²) in [5, 5.41) is 0. The minimum Gasteiger partial charge on any atom is -0.309 e. The van der Waals surface area contributed by atoms with Gasteiger partial charge in [0, 0.05) is 18.0 Å². The second-order valence-corrected chi connectivity index (χ2v) is 9.13. The highest BCUT2D eigenvalue weighted by molar-refractivity contribution is 6.06. The Morgan fingerprint density at radius 3 is 1.91 bits per heavy atom. The third-order valence-corrected chi connectivity index (χ3v) is 7.46. The topological polar surface area (TPSA) is 57.7 Å². The molecule has 0 bridgehead atoms. The number of allylic oxidation sites excluding steroid dienone is 2. The van der Waals surface area contributed by atoms with Crippen molar-refractivity contribution in [2.75, 3.05) is 0 Å². The lowest BCUT2D eigenvalue weighted by Gasteiger charge is -2.44. The Hall–Kier alpha value is -3.21. The second kappa shape index (κ2) is 8.05. The van der Waals surface area contributed by atoms with E-state index in [1.54, 1.807) is 0 Å². The molecule has 0 saturated carbocycles. The van der Waals surface area contributed by atoms with Crippen molar-refractivity contribution in [1.29, 1.82) is 0 Å². The molecule has 32 heavy (non-hydrogen) atoms. The van der Waals surface area contributed by atoms with Crippen LogP contribution in [0.25, 0.3) is 0 Å². The van der Waals surface area contributed by atoms with Gasteiger partial charge in [-0.2, -0.15) is 0 Å². The fourth-order valence-corrected chi connectivity index (χ4v) is 5.79. The maximum atomic E-state index is 13.6. The maximum absolute atomic E-state index is 13.6. The van der Waals surface area contributed by atoms with Gasteiger partial charge < -0.3 is 4.90 Å². The summed E-state index contributed by atoms with van der Waals surface area (Å²) < 4.78 is 0. The van der Waals surface area contributed by atoms with Gasteiger partial charge in [-0.25, -0.2) is 0 Å². The van der Waals surface area contributed by atoms with Gasteiger partial charge in [-0.15, -0.1) is 0 Å². The van der Waals surface area contributed by atoms with Crippen molar-refractivity contribution in [1.82, 2.24) is 9.80 Å². The molecule has 2 heterocycles. The molecule has 0 N–H and O–H groups in total. The second-order valence-electron chi connectivity index (χ2n) is 9.13. The fourth-order valence-electron chi connectivity index (χ4n) is 5.79. The van der Waals surface area contributed by atoms with Gasteiger partial charge in [0.1, 0.15) is 0 Å². The molecule has 5 heteroatoms. The number of rotatable bonds is 4. The quantitative estimate of drug-likeness (QED) is 0.667. The molecule has 0 radical (unpaired) electrons. The molecule has 5 atom stereocenters. The SMILES string of the molecule is C[C@H](c1ccccc1)N1C(=O)[C@H]2[C@H](CC=C3[C@H]2CCC(=O)N3[C@H](C)c2ccccc2)C1=O. The Kier molecular flexibility index (Phi) is 5.20. The summed E-state index contributed by atoms with van der Waals surface area (Å²) in [6, 6.07) is 19.3. The molecule has 2 aromatic carbocycles. The highest BCUT2D eigenvalue weighted by atomic mass is 16.2. The number of imide groups is 1. The van der Waals surface area contributed by atoms with Crippen LogP contribution in [-0.4, -0.2) is 27.5 Å². The highest BCUT2D eigenvalue weighted by Gasteiger charge is 2.56. The summed E-state index contributed by atoms with van der Waals surface area (Å²) in [6.45, 7) is 3.96. The van der Waals surface area contributed by atoms with Crippen molar-refractivity contribution in [2.24, 2.45) is 17.8 Å². The molecule has 2 saturated heterocycles. The Labute approximate surface area is 188 Å². The molecular weight excluding hydrogens is 400 g/mol. The van der Waals surface area contributed by atoms with Crippen LogP contribution in [0.2, 0.25) is 0 Å². The van der Waals surface area contributed by atoms with Gasteiger partial charge in [0.25, 0.3) is 0 Å². The van der Waals surface area contributed by atoms with Crippen LogP contribution in [-0.2, 0) is 14.4 Å². The molecule has 3 amide bonds. The summed E-state index contributed by atoms with van der Waals surface area (Å²) in [4.78, 5) is 43.3. The van der Waals surface area contributed by atoms with Crippen LogP contribution in [0.15, 0.2) is 72.4 Å². The average Bonchev–Trinajstić information content (AvgIpc) is 3.09. The van der Waals surface area contributed by atoms with E-state index in [2.05, 4.69) is 0 Å². The highest BCUT2D eigenvalue weighted by Crippen LogP contribution is 2.49. The summed E-state index contributed by atoms with van der Waals surface area (Å²) >= 11 is 0. The Morgan fingerprint density at radius 1 is 0.750 bits per heavy atom. The zero-order chi connectivity index (χ0) is 22.4. The van der Waals surface area contributed by atoms with Crippen molar-refractivity contribution in [3.05, 3.63) is 83.6 Å². The van der Waals surface area contributed by atoms with Crippen molar-refractivity contribution in [2.45, 2.75) is 45.2 Å². The van der Waals surface area contributed by atoms with E-state index in [1.165, 1.54) is 4.90 Å². The molecule has 0 unspecified atom stereocenters. The van der Waals surface area contributed by atoms with Crippen LogP contribution in [0.4, 0.5) is 0 Å². The zero-order valence-corrected chi connectivity index (χ0v) is 18.5. The maximum Gasteiger partial charge on any atom is 0.234 e. The number of benzene rings is 2. The first-order valence-electron chi connectivity index (χ1n) is 11.5. The molecule has 5 nitrogen and oxygen atoms in total. The lowest BCUT2D eigenvalue weighted by Crippen LogP contribution is -2.45. The number of hydrogen-bond acceptors (Lipinski definition) is 3. The van der Waals surface area contributed by atoms with Crippen LogP contribution < -0.4 is 0 Å². The Bertz CT molecular complexity index is 1080. The molecule has 1 aliphatic carbocycles. The van der Waals surface area contributed by atoms with Crippen LogP contribution in [0, 0.1) is 17.8 Å². The molecule has 164 valence electrons. The molecule has 2 aromatic rings. The number of carbonyl (C=O) groups excluding carboxylic acids is 3. The largest absolute Gasteiger partial charge is 0.309 e. The van der Waals surface area contributed by atoms with Crippen LogP contribution in [0.1, 0.15) is 56.3 Å². The van der Waals surface area contributed by atoms with Gasteiger partial charge in [-0.05, 0) is 37.8 Å². The van der Waals surface area contributed by atoms with E-state index in [-0.39, 0.29) is 47.6 Å². The van der Waals surface area contributed by atoms with Crippen molar-refractivity contribution >= 4 is 17.7 Å². The third-order valence-electron chi connectivity index (χ3n) is 7.46. The average molecular weight is 429 g/mol. The first-order chi connectivity index (χ1) is 15.5. The minimum atomic E-state index is -0.382. The first kappa shape index (κ1) is 20.7. The standard InChI is InChI=1S/C27H28N2O3/c1-17(19-9-5-3-6-10-19)28-23-15-13-22-25(21(23)14-16-24(28)30)27(32)29(26(22)31)18(2)20-11-7-4-8-12-20/h3-12,15,17-18,21-22,25H,13-14,16H2,1-2H3/t17-,18-,21-,22+,25-/m1/s1. The third kappa shape index (κ3) is 3.19.